The predicted octanol–water partition coefficient (Wildman–Crippen LogP) is 0.696. The monoisotopic (exact) mass is 328 g/mol. The quantitative estimate of drug-likeness (QED) is 0.853. The third kappa shape index (κ3) is 3.22. The van der Waals surface area contributed by atoms with Crippen LogP contribution in [0.15, 0.2) is 26.7 Å². The van der Waals surface area contributed by atoms with Gasteiger partial charge in [-0.2, -0.15) is 4.31 Å². The highest BCUT2D eigenvalue weighted by Gasteiger charge is 2.33. The van der Waals surface area contributed by atoms with Crippen molar-refractivity contribution in [1.29, 1.82) is 0 Å². The van der Waals surface area contributed by atoms with Crippen molar-refractivity contribution in [2.24, 2.45) is 10.9 Å². The first-order valence-corrected chi connectivity index (χ1v) is 9.46. The summed E-state index contributed by atoms with van der Waals surface area (Å²) in [6.45, 7) is 4.82. The second kappa shape index (κ2) is 5.94. The molecule has 0 saturated carbocycles. The molecule has 2 aliphatic heterocycles. The highest BCUT2D eigenvalue weighted by molar-refractivity contribution is 7.91. The Kier molecular flexibility index (Phi) is 4.19. The lowest BCUT2D eigenvalue weighted by molar-refractivity contribution is 0.456. The van der Waals surface area contributed by atoms with Gasteiger partial charge in [-0.25, -0.2) is 8.42 Å². The highest BCUT2D eigenvalue weighted by atomic mass is 32.2. The van der Waals surface area contributed by atoms with E-state index in [2.05, 4.69) is 22.5 Å². The van der Waals surface area contributed by atoms with Gasteiger partial charge in [-0.3, -0.25) is 4.99 Å². The molecule has 0 radical (unpaired) electrons. The molecule has 3 rings (SSSR count). The topological polar surface area (TPSA) is 73.8 Å². The fourth-order valence-electron chi connectivity index (χ4n) is 2.62. The van der Waals surface area contributed by atoms with Gasteiger partial charge in [0.05, 0.1) is 6.54 Å². The van der Waals surface area contributed by atoms with E-state index in [-0.39, 0.29) is 0 Å². The van der Waals surface area contributed by atoms with Gasteiger partial charge in [0.25, 0.3) is 10.0 Å². The van der Waals surface area contributed by atoms with E-state index in [9.17, 15) is 8.42 Å². The van der Waals surface area contributed by atoms with E-state index in [4.69, 9.17) is 0 Å². The van der Waals surface area contributed by atoms with Crippen molar-refractivity contribution in [3.63, 3.8) is 0 Å². The van der Waals surface area contributed by atoms with Gasteiger partial charge >= 0.3 is 0 Å². The van der Waals surface area contributed by atoms with Crippen molar-refractivity contribution < 1.29 is 8.42 Å². The Bertz CT molecular complexity index is 612. The summed E-state index contributed by atoms with van der Waals surface area (Å²) in [7, 11) is -3.30. The summed E-state index contributed by atoms with van der Waals surface area (Å²) in [6, 6.07) is 3.83. The molecular formula is C13H20N4O2S2. The molecule has 116 valence electrons. The molecule has 0 aliphatic carbocycles. The second-order valence-corrected chi connectivity index (χ2v) is 8.68. The van der Waals surface area contributed by atoms with Gasteiger partial charge in [0.2, 0.25) is 0 Å². The Morgan fingerprint density at radius 2 is 2.43 bits per heavy atom. The maximum atomic E-state index is 12.4. The summed E-state index contributed by atoms with van der Waals surface area (Å²) in [6.07, 6.45) is 0.889. The van der Waals surface area contributed by atoms with Gasteiger partial charge in [-0.05, 0) is 30.7 Å². The van der Waals surface area contributed by atoms with Crippen LogP contribution in [-0.2, 0) is 10.0 Å². The zero-order valence-corrected chi connectivity index (χ0v) is 13.6. The molecule has 2 aliphatic rings. The van der Waals surface area contributed by atoms with Gasteiger partial charge < -0.3 is 10.6 Å². The molecule has 0 spiro atoms. The summed E-state index contributed by atoms with van der Waals surface area (Å²) in [4.78, 5) is 4.35. The number of thiophene rings is 1. The molecule has 6 nitrogen and oxygen atoms in total. The fourth-order valence-corrected chi connectivity index (χ4v) is 5.30. The second-order valence-electron chi connectivity index (χ2n) is 5.57. The lowest BCUT2D eigenvalue weighted by atomic mass is 10.1. The number of nitrogens with one attached hydrogen (secondary N) is 2. The van der Waals surface area contributed by atoms with Crippen LogP contribution in [0, 0.1) is 5.92 Å². The Balaban J connectivity index is 1.54. The number of nitrogens with zero attached hydrogens (tertiary/aromatic N) is 2. The molecule has 2 N–H and O–H groups in total. The van der Waals surface area contributed by atoms with Gasteiger partial charge in [-0.15, -0.1) is 11.3 Å². The summed E-state index contributed by atoms with van der Waals surface area (Å²) in [5, 5.41) is 8.33. The average molecular weight is 328 g/mol. The molecule has 0 aromatic carbocycles. The van der Waals surface area contributed by atoms with E-state index in [1.165, 1.54) is 11.3 Å². The number of guanidine groups is 1. The van der Waals surface area contributed by atoms with Gasteiger partial charge in [-0.1, -0.05) is 6.07 Å². The minimum atomic E-state index is -3.30. The van der Waals surface area contributed by atoms with Crippen LogP contribution in [0.4, 0.5) is 0 Å². The van der Waals surface area contributed by atoms with Crippen molar-refractivity contribution in [2.45, 2.75) is 23.6 Å². The summed E-state index contributed by atoms with van der Waals surface area (Å²) in [5.41, 5.74) is 0. The zero-order valence-electron chi connectivity index (χ0n) is 11.9. The minimum Gasteiger partial charge on any atom is -0.356 e. The predicted molar refractivity (Wildman–Crippen MR) is 84.1 cm³/mol. The molecule has 2 unspecified atom stereocenters. The van der Waals surface area contributed by atoms with Crippen LogP contribution in [0.2, 0.25) is 0 Å². The lowest BCUT2D eigenvalue weighted by Crippen LogP contribution is -2.40. The molecule has 0 bridgehead atoms. The maximum Gasteiger partial charge on any atom is 0.252 e. The first-order valence-electron chi connectivity index (χ1n) is 7.14. The van der Waals surface area contributed by atoms with E-state index in [1.54, 1.807) is 21.8 Å². The SMILES string of the molecule is CC1CN=C(NCC2CCN(S(=O)(=O)c3cccs3)C2)N1. The van der Waals surface area contributed by atoms with Crippen molar-refractivity contribution in [2.75, 3.05) is 26.2 Å². The molecular weight excluding hydrogens is 308 g/mol. The zero-order chi connectivity index (χ0) is 14.9. The van der Waals surface area contributed by atoms with Crippen LogP contribution < -0.4 is 10.6 Å². The normalized spacial score (nSPS) is 26.6. The van der Waals surface area contributed by atoms with Gasteiger partial charge in [0.15, 0.2) is 5.96 Å². The van der Waals surface area contributed by atoms with E-state index in [0.717, 1.165) is 25.5 Å². The third-order valence-corrected chi connectivity index (χ3v) is 7.04. The molecule has 1 aromatic rings. The number of aliphatic imine (C=N–C) groups is 1. The van der Waals surface area contributed by atoms with E-state index >= 15 is 0 Å². The third-order valence-electron chi connectivity index (χ3n) is 3.80. The number of hydrogen-bond acceptors (Lipinski definition) is 6. The largest absolute Gasteiger partial charge is 0.356 e. The first-order chi connectivity index (χ1) is 10.1. The Hall–Kier alpha value is -1.12. The molecule has 1 aromatic heterocycles. The smallest absolute Gasteiger partial charge is 0.252 e. The molecule has 1 fully saturated rings. The highest BCUT2D eigenvalue weighted by Crippen LogP contribution is 2.26. The fraction of sp³-hybridized carbons (Fsp3) is 0.615. The molecule has 8 heteroatoms. The molecule has 3 heterocycles. The molecule has 1 saturated heterocycles. The summed E-state index contributed by atoms with van der Waals surface area (Å²) in [5.74, 6) is 1.17. The lowest BCUT2D eigenvalue weighted by Gasteiger charge is -2.16. The van der Waals surface area contributed by atoms with Crippen LogP contribution in [0.1, 0.15) is 13.3 Å². The first kappa shape index (κ1) is 14.8. The van der Waals surface area contributed by atoms with Crippen molar-refractivity contribution in [3.05, 3.63) is 17.5 Å². The molecule has 2 atom stereocenters. The summed E-state index contributed by atoms with van der Waals surface area (Å²) >= 11 is 1.28. The average Bonchev–Trinajstić information content (AvgIpc) is 3.18. The van der Waals surface area contributed by atoms with E-state index < -0.39 is 10.0 Å². The van der Waals surface area contributed by atoms with E-state index in [1.807, 2.05) is 0 Å². The Labute approximate surface area is 129 Å². The number of hydrogen-bond donors (Lipinski definition) is 2. The van der Waals surface area contributed by atoms with Gasteiger partial charge in [0.1, 0.15) is 4.21 Å². The summed E-state index contributed by atoms with van der Waals surface area (Å²) < 4.78 is 26.9. The number of sulfonamides is 1. The van der Waals surface area contributed by atoms with Crippen molar-refractivity contribution in [3.8, 4) is 0 Å². The minimum absolute atomic E-state index is 0.333. The van der Waals surface area contributed by atoms with Crippen molar-refractivity contribution in [1.82, 2.24) is 14.9 Å². The molecule has 21 heavy (non-hydrogen) atoms. The maximum absolute atomic E-state index is 12.4. The van der Waals surface area contributed by atoms with Crippen molar-refractivity contribution >= 4 is 27.3 Å². The van der Waals surface area contributed by atoms with Crippen LogP contribution in [0.25, 0.3) is 0 Å². The number of rotatable bonds is 4. The Morgan fingerprint density at radius 3 is 3.10 bits per heavy atom. The van der Waals surface area contributed by atoms with Crippen LogP contribution in [0.5, 0.6) is 0 Å². The van der Waals surface area contributed by atoms with Gasteiger partial charge in [0, 0.05) is 25.7 Å². The Morgan fingerprint density at radius 1 is 1.57 bits per heavy atom. The van der Waals surface area contributed by atoms with Crippen LogP contribution in [0.3, 0.4) is 0 Å². The standard InChI is InChI=1S/C13H20N4O2S2/c1-10-7-14-13(16-10)15-8-11-4-5-17(9-11)21(18,19)12-3-2-6-20-12/h2-3,6,10-11H,4-5,7-9H2,1H3,(H2,14,15,16). The molecule has 0 amide bonds. The van der Waals surface area contributed by atoms with Crippen LogP contribution >= 0.6 is 11.3 Å². The van der Waals surface area contributed by atoms with E-state index in [0.29, 0.717) is 29.3 Å². The van der Waals surface area contributed by atoms with Crippen LogP contribution in [-0.4, -0.2) is 50.9 Å².